The van der Waals surface area contributed by atoms with Crippen molar-refractivity contribution in [1.29, 1.82) is 5.26 Å². The monoisotopic (exact) mass is 542 g/mol. The molecule has 9 heteroatoms. The van der Waals surface area contributed by atoms with Gasteiger partial charge in [-0.2, -0.15) is 5.26 Å². The molecular weight excluding hydrogens is 524 g/mol. The van der Waals surface area contributed by atoms with Crippen LogP contribution in [0.15, 0.2) is 59.1 Å². The maximum absolute atomic E-state index is 12.7. The summed E-state index contributed by atoms with van der Waals surface area (Å²) in [6, 6.07) is 15.9. The number of hydrogen-bond acceptors (Lipinski definition) is 5. The zero-order valence-corrected chi connectivity index (χ0v) is 20.6. The minimum atomic E-state index is -1.18. The minimum absolute atomic E-state index is 0.0282. The summed E-state index contributed by atoms with van der Waals surface area (Å²) >= 11 is 9.25. The minimum Gasteiger partial charge on any atom is -0.496 e. The van der Waals surface area contributed by atoms with Crippen molar-refractivity contribution in [1.82, 2.24) is 5.32 Å². The lowest BCUT2D eigenvalue weighted by molar-refractivity contribution is -0.139. The number of hydrogen-bond donors (Lipinski definition) is 2. The molecule has 0 aliphatic heterocycles. The second kappa shape index (κ2) is 11.1. The Kier molecular flexibility index (Phi) is 8.16. The Hall–Kier alpha value is -3.54. The molecule has 3 rings (SSSR count). The predicted molar refractivity (Wildman–Crippen MR) is 131 cm³/mol. The zero-order chi connectivity index (χ0) is 24.8. The topological polar surface area (TPSA) is 109 Å². The van der Waals surface area contributed by atoms with E-state index in [1.54, 1.807) is 48.5 Å². The van der Waals surface area contributed by atoms with Crippen LogP contribution in [-0.4, -0.2) is 37.2 Å². The highest BCUT2D eigenvalue weighted by Crippen LogP contribution is 2.37. The van der Waals surface area contributed by atoms with Gasteiger partial charge in [0, 0.05) is 27.0 Å². The molecule has 1 atom stereocenters. The zero-order valence-electron chi connectivity index (χ0n) is 18.3. The Balaban J connectivity index is 1.88. The van der Waals surface area contributed by atoms with Crippen LogP contribution in [0.3, 0.4) is 0 Å². The van der Waals surface area contributed by atoms with E-state index in [0.29, 0.717) is 37.7 Å². The van der Waals surface area contributed by atoms with E-state index in [9.17, 15) is 14.7 Å². The largest absolute Gasteiger partial charge is 0.496 e. The third-order valence-corrected chi connectivity index (χ3v) is 6.03. The molecule has 0 unspecified atom stereocenters. The van der Waals surface area contributed by atoms with Crippen molar-refractivity contribution in [2.45, 2.75) is 12.5 Å². The molecule has 7 nitrogen and oxygen atoms in total. The second-order valence-corrected chi connectivity index (χ2v) is 8.54. The van der Waals surface area contributed by atoms with Gasteiger partial charge in [-0.1, -0.05) is 23.7 Å². The van der Waals surface area contributed by atoms with E-state index in [0.717, 1.165) is 5.56 Å². The van der Waals surface area contributed by atoms with Crippen LogP contribution in [0.4, 0.5) is 0 Å². The molecule has 174 valence electrons. The van der Waals surface area contributed by atoms with E-state index in [1.165, 1.54) is 20.3 Å². The van der Waals surface area contributed by atoms with Crippen molar-refractivity contribution in [3.05, 3.63) is 80.8 Å². The number of carboxylic acid groups (broad SMARTS) is 1. The van der Waals surface area contributed by atoms with Crippen molar-refractivity contribution in [2.75, 3.05) is 14.2 Å². The molecule has 2 N–H and O–H groups in total. The van der Waals surface area contributed by atoms with Crippen molar-refractivity contribution in [3.63, 3.8) is 0 Å². The molecule has 0 radical (unpaired) electrons. The Morgan fingerprint density at radius 2 is 1.71 bits per heavy atom. The highest BCUT2D eigenvalue weighted by molar-refractivity contribution is 9.10. The van der Waals surface area contributed by atoms with Crippen LogP contribution in [0, 0.1) is 11.3 Å². The van der Waals surface area contributed by atoms with Gasteiger partial charge in [-0.25, -0.2) is 4.79 Å². The van der Waals surface area contributed by atoms with E-state index in [2.05, 4.69) is 27.3 Å². The second-order valence-electron chi connectivity index (χ2n) is 7.25. The van der Waals surface area contributed by atoms with Gasteiger partial charge < -0.3 is 19.9 Å². The Morgan fingerprint density at radius 3 is 2.32 bits per heavy atom. The average molecular weight is 544 g/mol. The molecule has 0 spiro atoms. The fourth-order valence-corrected chi connectivity index (χ4v) is 4.01. The van der Waals surface area contributed by atoms with E-state index in [4.69, 9.17) is 26.3 Å². The lowest BCUT2D eigenvalue weighted by Crippen LogP contribution is -2.42. The predicted octanol–water partition coefficient (Wildman–Crippen LogP) is 5.08. The van der Waals surface area contributed by atoms with Crippen LogP contribution in [0.25, 0.3) is 11.1 Å². The first-order valence-corrected chi connectivity index (χ1v) is 11.2. The number of halogens is 2. The van der Waals surface area contributed by atoms with E-state index in [1.807, 2.05) is 0 Å². The first-order chi connectivity index (χ1) is 16.3. The van der Waals surface area contributed by atoms with Gasteiger partial charge in [0.05, 0.1) is 31.4 Å². The number of carbonyl (C=O) groups excluding carboxylic acids is 1. The Labute approximate surface area is 210 Å². The van der Waals surface area contributed by atoms with Crippen LogP contribution < -0.4 is 14.8 Å². The normalized spacial score (nSPS) is 11.3. The van der Waals surface area contributed by atoms with Crippen molar-refractivity contribution < 1.29 is 24.2 Å². The number of carboxylic acids is 1. The fourth-order valence-electron chi connectivity index (χ4n) is 3.41. The first kappa shape index (κ1) is 25.1. The summed E-state index contributed by atoms with van der Waals surface area (Å²) in [5.74, 6) is -0.739. The van der Waals surface area contributed by atoms with Gasteiger partial charge in [0.25, 0.3) is 5.91 Å². The van der Waals surface area contributed by atoms with E-state index < -0.39 is 17.9 Å². The molecule has 3 aromatic carbocycles. The maximum Gasteiger partial charge on any atom is 0.326 e. The van der Waals surface area contributed by atoms with Gasteiger partial charge in [0.2, 0.25) is 0 Å². The molecule has 1 amide bonds. The summed E-state index contributed by atoms with van der Waals surface area (Å²) < 4.78 is 11.5. The lowest BCUT2D eigenvalue weighted by Gasteiger charge is -2.17. The maximum atomic E-state index is 12.7. The molecule has 3 aromatic rings. The van der Waals surface area contributed by atoms with E-state index >= 15 is 0 Å². The Morgan fingerprint density at radius 1 is 1.06 bits per heavy atom. The molecule has 0 aromatic heterocycles. The summed E-state index contributed by atoms with van der Waals surface area (Å²) in [6.07, 6.45) is 0.0282. The van der Waals surface area contributed by atoms with Gasteiger partial charge in [0.1, 0.15) is 17.5 Å². The molecule has 0 heterocycles. The van der Waals surface area contributed by atoms with Gasteiger partial charge in [0.15, 0.2) is 0 Å². The van der Waals surface area contributed by atoms with Gasteiger partial charge >= 0.3 is 5.97 Å². The van der Waals surface area contributed by atoms with Crippen LogP contribution in [-0.2, 0) is 11.2 Å². The number of nitriles is 1. The van der Waals surface area contributed by atoms with Crippen molar-refractivity contribution >= 4 is 39.4 Å². The first-order valence-electron chi connectivity index (χ1n) is 10.0. The molecule has 0 aliphatic rings. The lowest BCUT2D eigenvalue weighted by atomic mass is 9.97. The quantitative estimate of drug-likeness (QED) is 0.410. The van der Waals surface area contributed by atoms with Crippen molar-refractivity contribution in [3.8, 4) is 28.7 Å². The number of nitrogens with zero attached hydrogens (tertiary/aromatic N) is 1. The van der Waals surface area contributed by atoms with Gasteiger partial charge in [-0.15, -0.1) is 0 Å². The number of ether oxygens (including phenoxy) is 2. The molecule has 0 saturated carbocycles. The van der Waals surface area contributed by atoms with Crippen LogP contribution >= 0.6 is 27.5 Å². The molecule has 0 aliphatic carbocycles. The number of aliphatic carboxylic acids is 1. The molecule has 0 fully saturated rings. The van der Waals surface area contributed by atoms with Crippen LogP contribution in [0.2, 0.25) is 5.02 Å². The highest BCUT2D eigenvalue weighted by Gasteiger charge is 2.23. The molecular formula is C25H20BrClN2O5. The molecule has 0 saturated heterocycles. The highest BCUT2D eigenvalue weighted by atomic mass is 79.9. The summed E-state index contributed by atoms with van der Waals surface area (Å²) in [7, 11) is 3.02. The number of methoxy groups -OCH3 is 2. The van der Waals surface area contributed by atoms with Crippen LogP contribution in [0.1, 0.15) is 21.5 Å². The standard InChI is InChI=1S/C25H20BrClN2O5/c1-33-22-10-14(3-6-17(22)18-7-4-15(13-28)11-23(18)34-2)9-21(25(31)32)29-24(30)19-12-16(27)5-8-20(19)26/h3-8,10-12,21H,9H2,1-2H3,(H,29,30)(H,31,32)/t21-/m0/s1. The molecule has 0 bridgehead atoms. The van der Waals surface area contributed by atoms with Gasteiger partial charge in [-0.3, -0.25) is 4.79 Å². The SMILES string of the molecule is COc1cc(C#N)ccc1-c1ccc(C[C@H](NC(=O)c2cc(Cl)ccc2Br)C(=O)O)cc1OC. The number of amides is 1. The molecule has 34 heavy (non-hydrogen) atoms. The third kappa shape index (κ3) is 5.68. The Bertz CT molecular complexity index is 1290. The number of carbonyl (C=O) groups is 2. The summed E-state index contributed by atoms with van der Waals surface area (Å²) in [4.78, 5) is 24.6. The van der Waals surface area contributed by atoms with E-state index in [-0.39, 0.29) is 12.0 Å². The van der Waals surface area contributed by atoms with Crippen molar-refractivity contribution in [2.24, 2.45) is 0 Å². The summed E-state index contributed by atoms with van der Waals surface area (Å²) in [6.45, 7) is 0. The number of rotatable bonds is 8. The number of nitrogens with one attached hydrogen (secondary N) is 1. The van der Waals surface area contributed by atoms with Gasteiger partial charge in [-0.05, 0) is 64.0 Å². The average Bonchev–Trinajstić information content (AvgIpc) is 2.84. The third-order valence-electron chi connectivity index (χ3n) is 5.10. The van der Waals surface area contributed by atoms with Crippen LogP contribution in [0.5, 0.6) is 11.5 Å². The smallest absolute Gasteiger partial charge is 0.326 e. The number of benzene rings is 3. The fraction of sp³-hybridized carbons (Fsp3) is 0.160. The summed E-state index contributed by atoms with van der Waals surface area (Å²) in [5.41, 5.74) is 2.78. The summed E-state index contributed by atoms with van der Waals surface area (Å²) in [5, 5.41) is 21.7.